The molecule has 12 nitrogen and oxygen atoms in total. The van der Waals surface area contributed by atoms with Gasteiger partial charge in [0.05, 0.1) is 24.2 Å². The number of anilines is 6. The first-order valence-electron chi connectivity index (χ1n) is 15.6. The van der Waals surface area contributed by atoms with Crippen molar-refractivity contribution in [1.29, 1.82) is 0 Å². The van der Waals surface area contributed by atoms with Gasteiger partial charge >= 0.3 is 0 Å². The number of carbonyl (C=O) groups is 2. The summed E-state index contributed by atoms with van der Waals surface area (Å²) in [6.45, 7) is 3.01. The molecule has 1 aromatic heterocycles. The van der Waals surface area contributed by atoms with Gasteiger partial charge in [0, 0.05) is 42.4 Å². The SMILES string of the molecule is COc1ccccc1Nc1nc(NN=C2CCCc3cc(NC(C)=O)ccc32)cc(NN=C2CCCc3cc(NC(C)=O)ccc32)n1. The Balaban J connectivity index is 1.29. The lowest BCUT2D eigenvalue weighted by Crippen LogP contribution is -2.16. The Morgan fingerprint density at radius 3 is 1.74 bits per heavy atom. The van der Waals surface area contributed by atoms with Gasteiger partial charge in [0.2, 0.25) is 17.8 Å². The molecule has 5 N–H and O–H groups in total. The van der Waals surface area contributed by atoms with Crippen LogP contribution in [0.3, 0.4) is 0 Å². The van der Waals surface area contributed by atoms with Crippen LogP contribution in [0.4, 0.5) is 34.6 Å². The second-order valence-electron chi connectivity index (χ2n) is 11.4. The monoisotopic (exact) mass is 631 g/mol. The third-order valence-corrected chi connectivity index (χ3v) is 7.88. The number of hydrogen-bond donors (Lipinski definition) is 5. The van der Waals surface area contributed by atoms with Crippen molar-refractivity contribution in [3.63, 3.8) is 0 Å². The highest BCUT2D eigenvalue weighted by Crippen LogP contribution is 2.29. The molecule has 0 saturated carbocycles. The van der Waals surface area contributed by atoms with Crippen LogP contribution in [0.5, 0.6) is 5.75 Å². The summed E-state index contributed by atoms with van der Waals surface area (Å²) in [5, 5.41) is 18.5. The second kappa shape index (κ2) is 14.1. The molecule has 0 unspecified atom stereocenters. The minimum atomic E-state index is -0.101. The zero-order valence-electron chi connectivity index (χ0n) is 26.6. The fourth-order valence-electron chi connectivity index (χ4n) is 5.86. The van der Waals surface area contributed by atoms with Gasteiger partial charge in [-0.25, -0.2) is 0 Å². The van der Waals surface area contributed by atoms with E-state index in [2.05, 4.69) is 36.8 Å². The molecule has 0 atom stereocenters. The number of aromatic nitrogens is 2. The Hall–Kier alpha value is -5.78. The number of carbonyl (C=O) groups excluding carboxylic acids is 2. The van der Waals surface area contributed by atoms with Gasteiger partial charge in [0.1, 0.15) is 5.75 Å². The Kier molecular flexibility index (Phi) is 9.37. The minimum Gasteiger partial charge on any atom is -0.495 e. The number of fused-ring (bicyclic) bond motifs is 2. The fourth-order valence-corrected chi connectivity index (χ4v) is 5.86. The maximum Gasteiger partial charge on any atom is 0.231 e. The largest absolute Gasteiger partial charge is 0.495 e. The van der Waals surface area contributed by atoms with Crippen LogP contribution in [0.1, 0.15) is 61.8 Å². The van der Waals surface area contributed by atoms with Gasteiger partial charge in [0.25, 0.3) is 0 Å². The molecule has 2 aliphatic rings. The number of rotatable bonds is 9. The van der Waals surface area contributed by atoms with Crippen LogP contribution < -0.4 is 31.5 Å². The van der Waals surface area contributed by atoms with Crippen LogP contribution in [0.15, 0.2) is 76.9 Å². The van der Waals surface area contributed by atoms with Gasteiger partial charge in [-0.15, -0.1) is 0 Å². The summed E-state index contributed by atoms with van der Waals surface area (Å²) >= 11 is 0. The Bertz CT molecular complexity index is 1780. The molecule has 0 fully saturated rings. The summed E-state index contributed by atoms with van der Waals surface area (Å²) in [6.07, 6.45) is 5.32. The molecule has 2 aliphatic carbocycles. The van der Waals surface area contributed by atoms with Crippen LogP contribution >= 0.6 is 0 Å². The number of aryl methyl sites for hydroxylation is 2. The van der Waals surface area contributed by atoms with Gasteiger partial charge in [-0.1, -0.05) is 24.3 Å². The van der Waals surface area contributed by atoms with E-state index in [-0.39, 0.29) is 11.8 Å². The molecule has 4 aromatic rings. The van der Waals surface area contributed by atoms with E-state index in [4.69, 9.17) is 14.9 Å². The zero-order chi connectivity index (χ0) is 32.8. The number of methoxy groups -OCH3 is 1. The quantitative estimate of drug-likeness (QED) is 0.132. The third kappa shape index (κ3) is 7.72. The maximum atomic E-state index is 11.6. The molecule has 6 rings (SSSR count). The Morgan fingerprint density at radius 1 is 0.702 bits per heavy atom. The smallest absolute Gasteiger partial charge is 0.231 e. The molecule has 0 saturated heterocycles. The van der Waals surface area contributed by atoms with Crippen LogP contribution in [0, 0.1) is 0 Å². The first-order valence-corrected chi connectivity index (χ1v) is 15.6. The molecule has 240 valence electrons. The average molecular weight is 632 g/mol. The van der Waals surface area contributed by atoms with Gasteiger partial charge in [-0.2, -0.15) is 20.2 Å². The van der Waals surface area contributed by atoms with Gasteiger partial charge in [0.15, 0.2) is 11.6 Å². The molecular weight excluding hydrogens is 594 g/mol. The highest BCUT2D eigenvalue weighted by Gasteiger charge is 2.18. The van der Waals surface area contributed by atoms with Crippen molar-refractivity contribution in [1.82, 2.24) is 9.97 Å². The van der Waals surface area contributed by atoms with Crippen molar-refractivity contribution in [2.75, 3.05) is 33.9 Å². The van der Waals surface area contributed by atoms with E-state index in [9.17, 15) is 9.59 Å². The maximum absolute atomic E-state index is 11.6. The van der Waals surface area contributed by atoms with Crippen molar-refractivity contribution < 1.29 is 14.3 Å². The molecule has 0 bridgehead atoms. The lowest BCUT2D eigenvalue weighted by molar-refractivity contribution is -0.115. The van der Waals surface area contributed by atoms with Crippen molar-refractivity contribution >= 4 is 57.9 Å². The van der Waals surface area contributed by atoms with Crippen LogP contribution in [0.2, 0.25) is 0 Å². The highest BCUT2D eigenvalue weighted by molar-refractivity contribution is 6.04. The summed E-state index contributed by atoms with van der Waals surface area (Å²) in [6, 6.07) is 21.1. The van der Waals surface area contributed by atoms with Crippen LogP contribution in [-0.2, 0) is 22.4 Å². The predicted molar refractivity (Wildman–Crippen MR) is 186 cm³/mol. The molecule has 0 radical (unpaired) electrons. The van der Waals surface area contributed by atoms with Gasteiger partial charge in [-0.3, -0.25) is 20.4 Å². The lowest BCUT2D eigenvalue weighted by Gasteiger charge is -2.19. The third-order valence-electron chi connectivity index (χ3n) is 7.88. The van der Waals surface area contributed by atoms with Crippen molar-refractivity contribution in [2.45, 2.75) is 52.4 Å². The van der Waals surface area contributed by atoms with Crippen molar-refractivity contribution in [3.8, 4) is 5.75 Å². The summed E-state index contributed by atoms with van der Waals surface area (Å²) in [5.41, 5.74) is 14.7. The van der Waals surface area contributed by atoms with E-state index in [0.29, 0.717) is 29.0 Å². The van der Waals surface area contributed by atoms with Gasteiger partial charge in [-0.05, 0) is 86.1 Å². The van der Waals surface area contributed by atoms with Gasteiger partial charge < -0.3 is 20.7 Å². The molecule has 0 spiro atoms. The first kappa shape index (κ1) is 31.2. The van der Waals surface area contributed by atoms with Crippen LogP contribution in [-0.4, -0.2) is 40.3 Å². The number of para-hydroxylation sites is 2. The van der Waals surface area contributed by atoms with E-state index in [1.165, 1.54) is 13.8 Å². The molecule has 2 amide bonds. The normalized spacial score (nSPS) is 15.3. The number of nitrogens with zero attached hydrogens (tertiary/aromatic N) is 4. The molecule has 0 aliphatic heterocycles. The van der Waals surface area contributed by atoms with Crippen molar-refractivity contribution in [2.24, 2.45) is 10.2 Å². The Morgan fingerprint density at radius 2 is 1.23 bits per heavy atom. The number of ether oxygens (including phenoxy) is 1. The summed E-state index contributed by atoms with van der Waals surface area (Å²) < 4.78 is 5.52. The van der Waals surface area contributed by atoms with Crippen molar-refractivity contribution in [3.05, 3.63) is 89.0 Å². The number of nitrogens with one attached hydrogen (secondary N) is 5. The average Bonchev–Trinajstić information content (AvgIpc) is 3.05. The van der Waals surface area contributed by atoms with Crippen LogP contribution in [0.25, 0.3) is 0 Å². The molecule has 12 heteroatoms. The standard InChI is InChI=1S/C35H37N9O3/c1-21(45)36-25-14-16-27-23(18-25)8-6-11-29(27)41-43-33-20-34(40-35(39-33)38-31-10-4-5-13-32(31)47-3)44-42-30-12-7-9-24-19-26(37-22(2)46)15-17-28(24)30/h4-5,10,13-20H,6-9,11-12H2,1-3H3,(H,36,45)(H,37,46)(H3,38,39,40,43,44). The minimum absolute atomic E-state index is 0.101. The molecule has 3 aromatic carbocycles. The summed E-state index contributed by atoms with van der Waals surface area (Å²) in [5.74, 6) is 1.72. The van der Waals surface area contributed by atoms with E-state index in [0.717, 1.165) is 83.6 Å². The zero-order valence-corrected chi connectivity index (χ0v) is 26.6. The Labute approximate surface area is 273 Å². The topological polar surface area (TPSA) is 154 Å². The van der Waals surface area contributed by atoms with E-state index in [1.54, 1.807) is 13.2 Å². The number of hydrazone groups is 2. The fraction of sp³-hybridized carbons (Fsp3) is 0.257. The first-order chi connectivity index (χ1) is 22.8. The lowest BCUT2D eigenvalue weighted by atomic mass is 9.90. The molecular formula is C35H37N9O3. The van der Waals surface area contributed by atoms with E-state index in [1.807, 2.05) is 60.7 Å². The summed E-state index contributed by atoms with van der Waals surface area (Å²) in [7, 11) is 1.61. The predicted octanol–water partition coefficient (Wildman–Crippen LogP) is 6.45. The highest BCUT2D eigenvalue weighted by atomic mass is 16.5. The van der Waals surface area contributed by atoms with E-state index >= 15 is 0 Å². The summed E-state index contributed by atoms with van der Waals surface area (Å²) in [4.78, 5) is 32.5. The second-order valence-corrected chi connectivity index (χ2v) is 11.4. The number of amides is 2. The number of benzene rings is 3. The molecule has 47 heavy (non-hydrogen) atoms. The number of hydrogen-bond acceptors (Lipinski definition) is 10. The molecule has 1 heterocycles. The van der Waals surface area contributed by atoms with E-state index < -0.39 is 0 Å².